The summed E-state index contributed by atoms with van der Waals surface area (Å²) >= 11 is 0. The van der Waals surface area contributed by atoms with E-state index >= 15 is 0 Å². The van der Waals surface area contributed by atoms with Crippen LogP contribution in [0.2, 0.25) is 0 Å². The monoisotopic (exact) mass is 359 g/mol. The Balaban J connectivity index is 1.72. The summed E-state index contributed by atoms with van der Waals surface area (Å²) in [5.41, 5.74) is 0.665. The third-order valence-corrected chi connectivity index (χ3v) is 4.31. The molecule has 1 fully saturated rings. The van der Waals surface area contributed by atoms with E-state index in [9.17, 15) is 18.4 Å². The molecule has 3 amide bonds. The number of halogens is 2. The van der Waals surface area contributed by atoms with Gasteiger partial charge in [0.15, 0.2) is 0 Å². The van der Waals surface area contributed by atoms with Gasteiger partial charge in [0.2, 0.25) is 0 Å². The molecule has 2 aromatic rings. The van der Waals surface area contributed by atoms with Crippen molar-refractivity contribution < 1.29 is 18.4 Å². The summed E-state index contributed by atoms with van der Waals surface area (Å²) in [6.45, 7) is 1.14. The molecule has 0 radical (unpaired) electrons. The highest BCUT2D eigenvalue weighted by molar-refractivity contribution is 5.94. The van der Waals surface area contributed by atoms with Crippen molar-refractivity contribution in [1.82, 2.24) is 15.5 Å². The lowest BCUT2D eigenvalue weighted by molar-refractivity contribution is 0.0936. The van der Waals surface area contributed by atoms with Crippen LogP contribution in [-0.2, 0) is 6.42 Å². The van der Waals surface area contributed by atoms with Gasteiger partial charge < -0.3 is 15.5 Å². The van der Waals surface area contributed by atoms with Gasteiger partial charge in [-0.25, -0.2) is 13.6 Å². The zero-order valence-electron chi connectivity index (χ0n) is 14.0. The number of hydrogen-bond acceptors (Lipinski definition) is 2. The SMILES string of the molecule is O=C(NC[C@@H](Cc1cccc(F)c1)N1CCNC1=O)c1ccccc1F. The lowest BCUT2D eigenvalue weighted by atomic mass is 10.0. The fourth-order valence-electron chi connectivity index (χ4n) is 3.01. The van der Waals surface area contributed by atoms with Crippen molar-refractivity contribution in [3.8, 4) is 0 Å². The summed E-state index contributed by atoms with van der Waals surface area (Å²) in [7, 11) is 0. The quantitative estimate of drug-likeness (QED) is 0.832. The number of nitrogens with one attached hydrogen (secondary N) is 2. The van der Waals surface area contributed by atoms with Crippen molar-refractivity contribution in [2.45, 2.75) is 12.5 Å². The van der Waals surface area contributed by atoms with Crippen LogP contribution in [-0.4, -0.2) is 42.5 Å². The normalized spacial score (nSPS) is 14.8. The molecule has 0 aromatic heterocycles. The molecule has 0 aliphatic carbocycles. The van der Waals surface area contributed by atoms with Crippen LogP contribution >= 0.6 is 0 Å². The van der Waals surface area contributed by atoms with Crippen LogP contribution in [0, 0.1) is 11.6 Å². The number of benzene rings is 2. The Labute approximate surface area is 150 Å². The smallest absolute Gasteiger partial charge is 0.317 e. The van der Waals surface area contributed by atoms with Gasteiger partial charge in [-0.15, -0.1) is 0 Å². The van der Waals surface area contributed by atoms with E-state index in [1.807, 2.05) is 0 Å². The number of carbonyl (C=O) groups is 2. The molecule has 26 heavy (non-hydrogen) atoms. The molecule has 1 heterocycles. The molecule has 0 spiro atoms. The Bertz CT molecular complexity index is 813. The zero-order valence-corrected chi connectivity index (χ0v) is 14.0. The van der Waals surface area contributed by atoms with Crippen LogP contribution in [0.1, 0.15) is 15.9 Å². The lowest BCUT2D eigenvalue weighted by Crippen LogP contribution is -2.46. The van der Waals surface area contributed by atoms with E-state index < -0.39 is 11.7 Å². The first-order valence-electron chi connectivity index (χ1n) is 8.36. The van der Waals surface area contributed by atoms with Crippen molar-refractivity contribution in [1.29, 1.82) is 0 Å². The van der Waals surface area contributed by atoms with Gasteiger partial charge in [0, 0.05) is 19.6 Å². The second-order valence-corrected chi connectivity index (χ2v) is 6.10. The summed E-state index contributed by atoms with van der Waals surface area (Å²) in [6, 6.07) is 11.2. The molecule has 0 unspecified atom stereocenters. The molecule has 0 bridgehead atoms. The van der Waals surface area contributed by atoms with Gasteiger partial charge in [0.25, 0.3) is 5.91 Å². The number of amides is 3. The van der Waals surface area contributed by atoms with E-state index in [2.05, 4.69) is 10.6 Å². The molecule has 1 saturated heterocycles. The van der Waals surface area contributed by atoms with E-state index in [-0.39, 0.29) is 30.0 Å². The number of nitrogens with zero attached hydrogens (tertiary/aromatic N) is 1. The highest BCUT2D eigenvalue weighted by Gasteiger charge is 2.28. The Morgan fingerprint density at radius 2 is 2.00 bits per heavy atom. The average molecular weight is 359 g/mol. The third kappa shape index (κ3) is 4.17. The predicted molar refractivity (Wildman–Crippen MR) is 92.7 cm³/mol. The standard InChI is InChI=1S/C19H19F2N3O2/c20-14-5-3-4-13(10-14)11-15(24-9-8-22-19(24)26)12-23-18(25)16-6-1-2-7-17(16)21/h1-7,10,15H,8-9,11-12H2,(H,22,26)(H,23,25)/t15-/m1/s1. The number of urea groups is 1. The first kappa shape index (κ1) is 17.8. The molecule has 1 atom stereocenters. The van der Waals surface area contributed by atoms with Crippen LogP contribution in [0.15, 0.2) is 48.5 Å². The minimum Gasteiger partial charge on any atom is -0.350 e. The van der Waals surface area contributed by atoms with Crippen LogP contribution in [0.5, 0.6) is 0 Å². The van der Waals surface area contributed by atoms with E-state index in [1.165, 1.54) is 30.3 Å². The van der Waals surface area contributed by atoms with Crippen molar-refractivity contribution >= 4 is 11.9 Å². The van der Waals surface area contributed by atoms with E-state index in [0.29, 0.717) is 19.5 Å². The van der Waals surface area contributed by atoms with Crippen LogP contribution in [0.4, 0.5) is 13.6 Å². The van der Waals surface area contributed by atoms with Gasteiger partial charge in [-0.3, -0.25) is 4.79 Å². The van der Waals surface area contributed by atoms with Gasteiger partial charge in [0.05, 0.1) is 11.6 Å². The highest BCUT2D eigenvalue weighted by Crippen LogP contribution is 2.13. The Kier molecular flexibility index (Phi) is 5.46. The van der Waals surface area contributed by atoms with Crippen LogP contribution < -0.4 is 10.6 Å². The van der Waals surface area contributed by atoms with Crippen molar-refractivity contribution in [2.24, 2.45) is 0 Å². The zero-order chi connectivity index (χ0) is 18.5. The molecule has 5 nitrogen and oxygen atoms in total. The van der Waals surface area contributed by atoms with Gasteiger partial charge in [-0.2, -0.15) is 0 Å². The molecule has 2 aromatic carbocycles. The molecule has 1 aliphatic rings. The molecule has 0 saturated carbocycles. The third-order valence-electron chi connectivity index (χ3n) is 4.31. The Morgan fingerprint density at radius 3 is 2.69 bits per heavy atom. The summed E-state index contributed by atoms with van der Waals surface area (Å²) in [6.07, 6.45) is 0.378. The summed E-state index contributed by atoms with van der Waals surface area (Å²) in [4.78, 5) is 25.9. The molecule has 7 heteroatoms. The Hall–Kier alpha value is -2.96. The minimum absolute atomic E-state index is 0.0529. The van der Waals surface area contributed by atoms with Crippen LogP contribution in [0.25, 0.3) is 0 Å². The van der Waals surface area contributed by atoms with Crippen molar-refractivity contribution in [2.75, 3.05) is 19.6 Å². The number of hydrogen-bond donors (Lipinski definition) is 2. The van der Waals surface area contributed by atoms with Crippen molar-refractivity contribution in [3.05, 3.63) is 71.3 Å². The largest absolute Gasteiger partial charge is 0.350 e. The van der Waals surface area contributed by atoms with Gasteiger partial charge in [-0.1, -0.05) is 24.3 Å². The fraction of sp³-hybridized carbons (Fsp3) is 0.263. The predicted octanol–water partition coefficient (Wildman–Crippen LogP) is 2.33. The average Bonchev–Trinajstić information content (AvgIpc) is 3.04. The fourth-order valence-corrected chi connectivity index (χ4v) is 3.01. The van der Waals surface area contributed by atoms with E-state index in [4.69, 9.17) is 0 Å². The van der Waals surface area contributed by atoms with E-state index in [1.54, 1.807) is 23.1 Å². The molecular weight excluding hydrogens is 340 g/mol. The first-order valence-corrected chi connectivity index (χ1v) is 8.36. The Morgan fingerprint density at radius 1 is 1.19 bits per heavy atom. The minimum atomic E-state index is -0.606. The molecule has 2 N–H and O–H groups in total. The molecule has 1 aliphatic heterocycles. The maximum atomic E-state index is 13.7. The van der Waals surface area contributed by atoms with Gasteiger partial charge in [-0.05, 0) is 36.2 Å². The second-order valence-electron chi connectivity index (χ2n) is 6.10. The van der Waals surface area contributed by atoms with Crippen LogP contribution in [0.3, 0.4) is 0 Å². The number of carbonyl (C=O) groups excluding carboxylic acids is 2. The highest BCUT2D eigenvalue weighted by atomic mass is 19.1. The lowest BCUT2D eigenvalue weighted by Gasteiger charge is -2.27. The van der Waals surface area contributed by atoms with Crippen molar-refractivity contribution in [3.63, 3.8) is 0 Å². The maximum absolute atomic E-state index is 13.7. The number of rotatable bonds is 6. The maximum Gasteiger partial charge on any atom is 0.317 e. The van der Waals surface area contributed by atoms with E-state index in [0.717, 1.165) is 5.56 Å². The molecule has 3 rings (SSSR count). The molecular formula is C19H19F2N3O2. The summed E-state index contributed by atoms with van der Waals surface area (Å²) in [5.74, 6) is -1.51. The van der Waals surface area contributed by atoms with Gasteiger partial charge >= 0.3 is 6.03 Å². The summed E-state index contributed by atoms with van der Waals surface area (Å²) < 4.78 is 27.2. The first-order chi connectivity index (χ1) is 12.5. The second kappa shape index (κ2) is 7.95. The molecule has 136 valence electrons. The summed E-state index contributed by atoms with van der Waals surface area (Å²) in [5, 5.41) is 5.39. The van der Waals surface area contributed by atoms with Gasteiger partial charge in [0.1, 0.15) is 11.6 Å². The topological polar surface area (TPSA) is 61.4 Å².